The molecule has 0 aromatic heterocycles. The largest absolute Gasteiger partial charge is 0.478 e. The number of anilines is 2. The third-order valence-corrected chi connectivity index (χ3v) is 6.84. The minimum absolute atomic E-state index is 0.111. The van der Waals surface area contributed by atoms with E-state index < -0.39 is 5.97 Å². The highest BCUT2D eigenvalue weighted by Crippen LogP contribution is 2.42. The summed E-state index contributed by atoms with van der Waals surface area (Å²) >= 11 is 5.03. The molecular weight excluding hydrogens is 484 g/mol. The number of nitrogens with one attached hydrogen (secondary N) is 1. The van der Waals surface area contributed by atoms with Gasteiger partial charge in [-0.25, -0.2) is 9.37 Å². The van der Waals surface area contributed by atoms with Gasteiger partial charge in [0.25, 0.3) is 0 Å². The lowest BCUT2D eigenvalue weighted by Gasteiger charge is -2.22. The molecule has 37 heavy (non-hydrogen) atoms. The SMILES string of the molecule is CCN(CC)c1ccc2c(-c3cc(NC(N)=S)ccc3C(=O)O)c3ccc(=[N+](CC)CC)cc-3oc2c1. The molecule has 2 aliphatic rings. The van der Waals surface area contributed by atoms with E-state index in [1.807, 2.05) is 24.3 Å². The molecule has 1 heterocycles. The van der Waals surface area contributed by atoms with Crippen molar-refractivity contribution in [3.05, 3.63) is 65.5 Å². The Morgan fingerprint density at radius 3 is 2.35 bits per heavy atom. The number of hydrogen-bond donors (Lipinski definition) is 3. The molecule has 0 spiro atoms. The molecule has 0 atom stereocenters. The lowest BCUT2D eigenvalue weighted by atomic mass is 9.90. The van der Waals surface area contributed by atoms with Crippen LogP contribution in [0.2, 0.25) is 0 Å². The highest BCUT2D eigenvalue weighted by Gasteiger charge is 2.23. The molecule has 8 heteroatoms. The zero-order valence-electron chi connectivity index (χ0n) is 21.7. The monoisotopic (exact) mass is 517 g/mol. The van der Waals surface area contributed by atoms with Crippen molar-refractivity contribution in [2.24, 2.45) is 5.73 Å². The molecule has 192 valence electrons. The maximum atomic E-state index is 12.3. The van der Waals surface area contributed by atoms with Crippen LogP contribution in [0.3, 0.4) is 0 Å². The highest BCUT2D eigenvalue weighted by atomic mass is 32.1. The molecule has 2 aromatic carbocycles. The average molecular weight is 518 g/mol. The molecule has 0 saturated carbocycles. The van der Waals surface area contributed by atoms with E-state index >= 15 is 0 Å². The minimum atomic E-state index is -1.02. The second-order valence-corrected chi connectivity index (χ2v) is 9.18. The summed E-state index contributed by atoms with van der Waals surface area (Å²) in [4.78, 5) is 14.6. The summed E-state index contributed by atoms with van der Waals surface area (Å²) in [6.45, 7) is 11.9. The first-order chi connectivity index (χ1) is 17.8. The fourth-order valence-electron chi connectivity index (χ4n) is 4.89. The Balaban J connectivity index is 2.14. The third-order valence-electron chi connectivity index (χ3n) is 6.73. The number of fused-ring (bicyclic) bond motifs is 2. The first kappa shape index (κ1) is 26.2. The normalized spacial score (nSPS) is 11.0. The van der Waals surface area contributed by atoms with E-state index in [9.17, 15) is 9.90 Å². The lowest BCUT2D eigenvalue weighted by Crippen LogP contribution is -2.29. The summed E-state index contributed by atoms with van der Waals surface area (Å²) in [5.41, 5.74) is 10.4. The van der Waals surface area contributed by atoms with Gasteiger partial charge in [-0.2, -0.15) is 0 Å². The number of hydrogen-bond acceptors (Lipinski definition) is 4. The fourth-order valence-corrected chi connectivity index (χ4v) is 5.00. The van der Waals surface area contributed by atoms with Gasteiger partial charge in [0.1, 0.15) is 24.4 Å². The Labute approximate surface area is 222 Å². The average Bonchev–Trinajstić information content (AvgIpc) is 2.88. The molecule has 0 radical (unpaired) electrons. The van der Waals surface area contributed by atoms with Crippen LogP contribution in [-0.2, 0) is 0 Å². The van der Waals surface area contributed by atoms with Crippen molar-refractivity contribution in [3.63, 3.8) is 0 Å². The van der Waals surface area contributed by atoms with Crippen molar-refractivity contribution in [2.75, 3.05) is 36.4 Å². The minimum Gasteiger partial charge on any atom is -0.478 e. The van der Waals surface area contributed by atoms with Crippen LogP contribution in [0, 0.1) is 0 Å². The van der Waals surface area contributed by atoms with Gasteiger partial charge in [-0.15, -0.1) is 0 Å². The Morgan fingerprint density at radius 2 is 1.73 bits per heavy atom. The van der Waals surface area contributed by atoms with Crippen molar-refractivity contribution in [2.45, 2.75) is 27.7 Å². The molecule has 0 unspecified atom stereocenters. The van der Waals surface area contributed by atoms with Gasteiger partial charge in [0.2, 0.25) is 5.36 Å². The van der Waals surface area contributed by atoms with Crippen LogP contribution >= 0.6 is 12.2 Å². The maximum Gasteiger partial charge on any atom is 0.336 e. The summed E-state index contributed by atoms with van der Waals surface area (Å²) in [5.74, 6) is -0.328. The summed E-state index contributed by atoms with van der Waals surface area (Å²) in [5, 5.41) is 15.0. The Bertz CT molecular complexity index is 1520. The van der Waals surface area contributed by atoms with E-state index in [0.29, 0.717) is 22.6 Å². The number of aromatic carboxylic acids is 1. The van der Waals surface area contributed by atoms with Crippen molar-refractivity contribution in [1.29, 1.82) is 0 Å². The number of thiocarbonyl (C=S) groups is 1. The van der Waals surface area contributed by atoms with Gasteiger partial charge < -0.3 is 25.5 Å². The van der Waals surface area contributed by atoms with Gasteiger partial charge in [-0.1, -0.05) is 0 Å². The molecule has 1 aliphatic heterocycles. The van der Waals surface area contributed by atoms with Gasteiger partial charge >= 0.3 is 5.97 Å². The van der Waals surface area contributed by atoms with E-state index in [4.69, 9.17) is 22.4 Å². The van der Waals surface area contributed by atoms with Gasteiger partial charge in [0, 0.05) is 53.1 Å². The predicted octanol–water partition coefficient (Wildman–Crippen LogP) is 5.22. The van der Waals surface area contributed by atoms with Gasteiger partial charge in [0.15, 0.2) is 5.11 Å². The summed E-state index contributed by atoms with van der Waals surface area (Å²) in [6.07, 6.45) is 0. The second-order valence-electron chi connectivity index (χ2n) is 8.74. The number of carbonyl (C=O) groups is 1. The van der Waals surface area contributed by atoms with Crippen molar-refractivity contribution in [1.82, 2.24) is 4.58 Å². The molecule has 2 aromatic rings. The molecular formula is C29H33N4O3S+. The fraction of sp³-hybridized carbons (Fsp3) is 0.276. The van der Waals surface area contributed by atoms with Crippen LogP contribution in [0.5, 0.6) is 0 Å². The van der Waals surface area contributed by atoms with Crippen LogP contribution in [0.25, 0.3) is 33.4 Å². The number of carboxylic acids is 1. The van der Waals surface area contributed by atoms with E-state index in [1.165, 1.54) is 0 Å². The Hall–Kier alpha value is -3.91. The van der Waals surface area contributed by atoms with Crippen molar-refractivity contribution < 1.29 is 14.3 Å². The van der Waals surface area contributed by atoms with Crippen LogP contribution in [0.15, 0.2) is 59.0 Å². The first-order valence-electron chi connectivity index (χ1n) is 12.6. The number of nitrogens with zero attached hydrogens (tertiary/aromatic N) is 2. The van der Waals surface area contributed by atoms with Gasteiger partial charge in [-0.05, 0) is 81.9 Å². The zero-order chi connectivity index (χ0) is 26.7. The predicted molar refractivity (Wildman–Crippen MR) is 156 cm³/mol. The molecule has 4 rings (SSSR count). The Kier molecular flexibility index (Phi) is 7.78. The molecule has 4 N–H and O–H groups in total. The maximum absolute atomic E-state index is 12.3. The summed E-state index contributed by atoms with van der Waals surface area (Å²) in [7, 11) is 0. The second kappa shape index (κ2) is 11.0. The first-order valence-corrected chi connectivity index (χ1v) is 13.0. The van der Waals surface area contributed by atoms with E-state index in [2.05, 4.69) is 54.6 Å². The van der Waals surface area contributed by atoms with E-state index in [0.717, 1.165) is 53.7 Å². The number of benzene rings is 3. The zero-order valence-corrected chi connectivity index (χ0v) is 22.5. The van der Waals surface area contributed by atoms with Crippen molar-refractivity contribution in [3.8, 4) is 22.5 Å². The van der Waals surface area contributed by atoms with Gasteiger partial charge in [0.05, 0.1) is 11.6 Å². The molecule has 0 saturated heterocycles. The van der Waals surface area contributed by atoms with Crippen LogP contribution in [-0.4, -0.2) is 42.4 Å². The smallest absolute Gasteiger partial charge is 0.336 e. The summed E-state index contributed by atoms with van der Waals surface area (Å²) < 4.78 is 8.76. The van der Waals surface area contributed by atoms with Crippen LogP contribution < -0.4 is 25.9 Å². The van der Waals surface area contributed by atoms with E-state index in [1.54, 1.807) is 18.2 Å². The lowest BCUT2D eigenvalue weighted by molar-refractivity contribution is 0.0697. The molecule has 7 nitrogen and oxygen atoms in total. The third kappa shape index (κ3) is 5.15. The van der Waals surface area contributed by atoms with Crippen LogP contribution in [0.4, 0.5) is 11.4 Å². The quantitative estimate of drug-likeness (QED) is 0.168. The highest BCUT2D eigenvalue weighted by molar-refractivity contribution is 7.80. The molecule has 1 aliphatic carbocycles. The summed E-state index contributed by atoms with van der Waals surface area (Å²) in [6, 6.07) is 17.2. The topological polar surface area (TPSA) is 94.7 Å². The van der Waals surface area contributed by atoms with Crippen LogP contribution in [0.1, 0.15) is 38.1 Å². The van der Waals surface area contributed by atoms with E-state index in [-0.39, 0.29) is 10.7 Å². The Morgan fingerprint density at radius 1 is 1.00 bits per heavy atom. The van der Waals surface area contributed by atoms with Gasteiger partial charge in [-0.3, -0.25) is 0 Å². The molecule has 0 bridgehead atoms. The number of nitrogens with two attached hydrogens (primary N) is 1. The molecule has 0 amide bonds. The van der Waals surface area contributed by atoms with Crippen molar-refractivity contribution >= 4 is 45.6 Å². The standard InChI is InChI=1S/C29H32N4O3S/c1-5-32(6-2)19-10-13-22-25(16-19)36-26-17-20(33(7-3)8-4)11-14-23(26)27(22)24-15-18(31-29(30)37)9-12-21(24)28(34)35/h9-17H,5-8H2,1-4H3,(H3-,30,31,34,35,37)/p+1. The molecule has 0 fully saturated rings. The number of carboxylic acid groups (broad SMARTS) is 1. The number of rotatable bonds is 8.